The van der Waals surface area contributed by atoms with E-state index in [1.807, 2.05) is 24.3 Å². The molecule has 0 spiro atoms. The molecule has 0 N–H and O–H groups in total. The van der Waals surface area contributed by atoms with Crippen molar-refractivity contribution in [2.75, 3.05) is 7.11 Å². The lowest BCUT2D eigenvalue weighted by atomic mass is 10.3. The van der Waals surface area contributed by atoms with Gasteiger partial charge in [-0.05, 0) is 24.3 Å². The highest BCUT2D eigenvalue weighted by Crippen LogP contribution is 2.19. The van der Waals surface area contributed by atoms with Gasteiger partial charge in [-0.25, -0.2) is 0 Å². The molecule has 72 valence electrons. The van der Waals surface area contributed by atoms with Gasteiger partial charge in [0.05, 0.1) is 7.11 Å². The summed E-state index contributed by atoms with van der Waals surface area (Å²) in [6.07, 6.45) is 0. The second-order valence-corrected chi connectivity index (χ2v) is 2.80. The largest absolute Gasteiger partial charge is 0.494 e. The fraction of sp³-hybridized carbons (Fsp3) is 0.222. The zero-order chi connectivity index (χ0) is 9.97. The highest BCUT2D eigenvalue weighted by molar-refractivity contribution is 5.44. The van der Waals surface area contributed by atoms with Gasteiger partial charge in [-0.15, -0.1) is 15.0 Å². The van der Waals surface area contributed by atoms with Crippen LogP contribution in [0.15, 0.2) is 24.3 Å². The van der Waals surface area contributed by atoms with Crippen molar-refractivity contribution >= 4 is 0 Å². The molecule has 5 heteroatoms. The van der Waals surface area contributed by atoms with Gasteiger partial charge < -0.3 is 4.74 Å². The fourth-order valence-corrected chi connectivity index (χ4v) is 1.18. The van der Waals surface area contributed by atoms with E-state index in [9.17, 15) is 0 Å². The average Bonchev–Trinajstić information content (AvgIpc) is 2.65. The van der Waals surface area contributed by atoms with Crippen LogP contribution in [-0.2, 0) is 0 Å². The molecule has 1 heterocycles. The smallest absolute Gasteiger partial charge is 0.172 e. The monoisotopic (exact) mass is 190 g/mol. The molecule has 1 aromatic heterocycles. The Morgan fingerprint density at radius 3 is 2.71 bits per heavy atom. The summed E-state index contributed by atoms with van der Waals surface area (Å²) in [5.74, 6) is 1.36. The van der Waals surface area contributed by atoms with Crippen LogP contribution in [0.5, 0.6) is 5.75 Å². The minimum Gasteiger partial charge on any atom is -0.494 e. The molecule has 14 heavy (non-hydrogen) atoms. The van der Waals surface area contributed by atoms with Gasteiger partial charge in [-0.1, -0.05) is 12.1 Å². The van der Waals surface area contributed by atoms with Gasteiger partial charge in [0.25, 0.3) is 0 Å². The van der Waals surface area contributed by atoms with Crippen LogP contribution >= 0.6 is 0 Å². The predicted molar refractivity (Wildman–Crippen MR) is 50.4 cm³/mol. The maximum absolute atomic E-state index is 5.18. The van der Waals surface area contributed by atoms with Crippen molar-refractivity contribution in [3.63, 3.8) is 0 Å². The molecule has 0 bridgehead atoms. The number of aryl methyl sites for hydroxylation is 1. The second-order valence-electron chi connectivity index (χ2n) is 2.80. The Hall–Kier alpha value is -1.91. The lowest BCUT2D eigenvalue weighted by Gasteiger charge is -2.04. The molecule has 0 aliphatic carbocycles. The maximum atomic E-state index is 5.18. The zero-order valence-corrected chi connectivity index (χ0v) is 8.01. The summed E-state index contributed by atoms with van der Waals surface area (Å²) in [5.41, 5.74) is 0.788. The Labute approximate surface area is 81.3 Å². The Morgan fingerprint density at radius 2 is 2.07 bits per heavy atom. The van der Waals surface area contributed by atoms with Gasteiger partial charge in [-0.3, -0.25) is 0 Å². The molecule has 0 saturated carbocycles. The van der Waals surface area contributed by atoms with Crippen LogP contribution in [0.2, 0.25) is 0 Å². The number of para-hydroxylation sites is 2. The first kappa shape index (κ1) is 8.68. The molecule has 0 amide bonds. The Kier molecular flexibility index (Phi) is 2.14. The van der Waals surface area contributed by atoms with Crippen LogP contribution in [0.3, 0.4) is 0 Å². The van der Waals surface area contributed by atoms with Crippen molar-refractivity contribution in [3.8, 4) is 11.4 Å². The number of rotatable bonds is 2. The van der Waals surface area contributed by atoms with Crippen LogP contribution in [0.1, 0.15) is 5.82 Å². The van der Waals surface area contributed by atoms with Gasteiger partial charge in [0.15, 0.2) is 5.82 Å². The number of hydrogen-bond acceptors (Lipinski definition) is 4. The number of methoxy groups -OCH3 is 1. The number of nitrogens with zero attached hydrogens (tertiary/aromatic N) is 4. The van der Waals surface area contributed by atoms with E-state index < -0.39 is 0 Å². The van der Waals surface area contributed by atoms with Gasteiger partial charge in [0.2, 0.25) is 0 Å². The third kappa shape index (κ3) is 1.44. The Bertz CT molecular complexity index is 438. The van der Waals surface area contributed by atoms with Gasteiger partial charge in [0.1, 0.15) is 11.4 Å². The molecule has 0 fully saturated rings. The SMILES string of the molecule is COc1ccccc1-n1nnc(C)n1. The van der Waals surface area contributed by atoms with Crippen LogP contribution < -0.4 is 4.74 Å². The van der Waals surface area contributed by atoms with Crippen LogP contribution in [-0.4, -0.2) is 27.3 Å². The standard InChI is InChI=1S/C9H10N4O/c1-7-10-12-13(11-7)8-5-3-4-6-9(8)14-2/h3-6H,1-2H3. The van der Waals surface area contributed by atoms with Crippen molar-refractivity contribution in [2.24, 2.45) is 0 Å². The van der Waals surface area contributed by atoms with E-state index in [-0.39, 0.29) is 0 Å². The fourth-order valence-electron chi connectivity index (χ4n) is 1.18. The summed E-state index contributed by atoms with van der Waals surface area (Å²) in [7, 11) is 1.61. The minimum absolute atomic E-state index is 0.635. The zero-order valence-electron chi connectivity index (χ0n) is 8.01. The molecule has 0 saturated heterocycles. The normalized spacial score (nSPS) is 10.1. The predicted octanol–water partition coefficient (Wildman–Crippen LogP) is 0.979. The van der Waals surface area contributed by atoms with E-state index in [1.54, 1.807) is 14.0 Å². The van der Waals surface area contributed by atoms with Crippen molar-refractivity contribution < 1.29 is 4.74 Å². The van der Waals surface area contributed by atoms with Crippen molar-refractivity contribution in [2.45, 2.75) is 6.92 Å². The molecule has 2 rings (SSSR count). The lowest BCUT2D eigenvalue weighted by Crippen LogP contribution is -2.01. The molecular weight excluding hydrogens is 180 g/mol. The first-order valence-electron chi connectivity index (χ1n) is 4.21. The number of benzene rings is 1. The van der Waals surface area contributed by atoms with Crippen molar-refractivity contribution in [1.29, 1.82) is 0 Å². The van der Waals surface area contributed by atoms with E-state index in [4.69, 9.17) is 4.74 Å². The molecular formula is C9H10N4O. The average molecular weight is 190 g/mol. The number of aromatic nitrogens is 4. The summed E-state index contributed by atoms with van der Waals surface area (Å²) >= 11 is 0. The quantitative estimate of drug-likeness (QED) is 0.708. The number of hydrogen-bond donors (Lipinski definition) is 0. The van der Waals surface area contributed by atoms with Gasteiger partial charge in [-0.2, -0.15) is 0 Å². The topological polar surface area (TPSA) is 52.8 Å². The van der Waals surface area contributed by atoms with E-state index in [1.165, 1.54) is 4.80 Å². The lowest BCUT2D eigenvalue weighted by molar-refractivity contribution is 0.409. The van der Waals surface area contributed by atoms with Crippen molar-refractivity contribution in [3.05, 3.63) is 30.1 Å². The highest BCUT2D eigenvalue weighted by Gasteiger charge is 2.06. The number of ether oxygens (including phenoxy) is 1. The molecule has 0 aliphatic rings. The summed E-state index contributed by atoms with van der Waals surface area (Å²) < 4.78 is 5.18. The summed E-state index contributed by atoms with van der Waals surface area (Å²) in [4.78, 5) is 1.45. The van der Waals surface area contributed by atoms with Crippen LogP contribution in [0.4, 0.5) is 0 Å². The summed E-state index contributed by atoms with van der Waals surface area (Å²) in [5, 5.41) is 11.8. The van der Waals surface area contributed by atoms with Crippen molar-refractivity contribution in [1.82, 2.24) is 20.2 Å². The maximum Gasteiger partial charge on any atom is 0.172 e. The van der Waals surface area contributed by atoms with Crippen LogP contribution in [0.25, 0.3) is 5.69 Å². The molecule has 0 atom stereocenters. The van der Waals surface area contributed by atoms with Gasteiger partial charge in [0, 0.05) is 0 Å². The highest BCUT2D eigenvalue weighted by atomic mass is 16.5. The molecule has 0 radical (unpaired) electrons. The third-order valence-corrected chi connectivity index (χ3v) is 1.81. The summed E-state index contributed by atoms with van der Waals surface area (Å²) in [6.45, 7) is 1.79. The van der Waals surface area contributed by atoms with Crippen LogP contribution in [0, 0.1) is 6.92 Å². The van der Waals surface area contributed by atoms with E-state index in [0.717, 1.165) is 11.4 Å². The van der Waals surface area contributed by atoms with E-state index in [0.29, 0.717) is 5.82 Å². The Balaban J connectivity index is 2.50. The molecule has 1 aromatic carbocycles. The molecule has 2 aromatic rings. The summed E-state index contributed by atoms with van der Waals surface area (Å²) in [6, 6.07) is 7.52. The van der Waals surface area contributed by atoms with E-state index in [2.05, 4.69) is 15.4 Å². The Morgan fingerprint density at radius 1 is 1.29 bits per heavy atom. The first-order chi connectivity index (χ1) is 6.81. The second kappa shape index (κ2) is 3.45. The molecule has 5 nitrogen and oxygen atoms in total. The van der Waals surface area contributed by atoms with Gasteiger partial charge >= 0.3 is 0 Å². The molecule has 0 unspecified atom stereocenters. The first-order valence-corrected chi connectivity index (χ1v) is 4.21. The number of tetrazole rings is 1. The molecule has 0 aliphatic heterocycles. The third-order valence-electron chi connectivity index (χ3n) is 1.81. The van der Waals surface area contributed by atoms with E-state index >= 15 is 0 Å². The minimum atomic E-state index is 0.635.